The van der Waals surface area contributed by atoms with Crippen molar-refractivity contribution in [1.82, 2.24) is 14.5 Å². The van der Waals surface area contributed by atoms with E-state index in [0.717, 1.165) is 12.2 Å². The van der Waals surface area contributed by atoms with Gasteiger partial charge in [0.1, 0.15) is 6.04 Å². The molecule has 0 aliphatic rings. The van der Waals surface area contributed by atoms with Crippen LogP contribution in [0.5, 0.6) is 0 Å². The van der Waals surface area contributed by atoms with E-state index in [2.05, 4.69) is 15.0 Å². The van der Waals surface area contributed by atoms with Crippen molar-refractivity contribution in [2.75, 3.05) is 0 Å². The lowest BCUT2D eigenvalue weighted by Gasteiger charge is -2.28. The van der Waals surface area contributed by atoms with Crippen molar-refractivity contribution >= 4 is 18.2 Å². The summed E-state index contributed by atoms with van der Waals surface area (Å²) in [4.78, 5) is 80.9. The molecule has 1 unspecified atom stereocenters. The van der Waals surface area contributed by atoms with Crippen LogP contribution in [0.1, 0.15) is 26.2 Å². The second-order valence-electron chi connectivity index (χ2n) is 4.50. The van der Waals surface area contributed by atoms with Gasteiger partial charge in [0, 0.05) is 0 Å². The van der Waals surface area contributed by atoms with Crippen LogP contribution in [0.25, 0.3) is 0 Å². The molecule has 0 aliphatic heterocycles. The first-order chi connectivity index (χ1) is 11.5. The standard InChI is InChI=1S/C12H12N6O6/c1-2-3-4-8(13-5-19)12(14-6-20,15-7-21)18-10(23)16-9(22)17-11(18)24/h8H,2-4H2,1H3,(H2,16,17,22,23,24). The number of aromatic nitrogens is 3. The van der Waals surface area contributed by atoms with Crippen molar-refractivity contribution in [2.45, 2.75) is 38.0 Å². The smallest absolute Gasteiger partial charge is 0.259 e. The fraction of sp³-hybridized carbons (Fsp3) is 0.500. The maximum absolute atomic E-state index is 12.0. The van der Waals surface area contributed by atoms with Crippen LogP contribution in [0.15, 0.2) is 29.4 Å². The van der Waals surface area contributed by atoms with Gasteiger partial charge in [-0.3, -0.25) is 9.97 Å². The molecule has 24 heavy (non-hydrogen) atoms. The highest BCUT2D eigenvalue weighted by atomic mass is 16.2. The van der Waals surface area contributed by atoms with E-state index in [4.69, 9.17) is 0 Å². The van der Waals surface area contributed by atoms with Crippen LogP contribution in [-0.2, 0) is 20.2 Å². The van der Waals surface area contributed by atoms with E-state index in [-0.39, 0.29) is 11.0 Å². The van der Waals surface area contributed by atoms with Gasteiger partial charge in [-0.05, 0) is 6.42 Å². The maximum Gasteiger partial charge on any atom is 0.337 e. The number of rotatable bonds is 8. The van der Waals surface area contributed by atoms with Gasteiger partial charge in [0.25, 0.3) is 5.79 Å². The molecule has 0 aliphatic carbocycles. The van der Waals surface area contributed by atoms with Crippen molar-refractivity contribution in [2.24, 2.45) is 15.0 Å². The molecule has 1 rings (SSSR count). The molecule has 0 aromatic carbocycles. The molecule has 0 saturated carbocycles. The van der Waals surface area contributed by atoms with Crippen LogP contribution in [0.3, 0.4) is 0 Å². The molecule has 1 aromatic heterocycles. The number of hydrogen-bond donors (Lipinski definition) is 2. The Kier molecular flexibility index (Phi) is 6.40. The third kappa shape index (κ3) is 3.65. The Bertz CT molecular complexity index is 855. The molecule has 1 aromatic rings. The Labute approximate surface area is 132 Å². The number of nitrogens with zero attached hydrogens (tertiary/aromatic N) is 4. The molecule has 0 radical (unpaired) electrons. The number of aromatic amines is 2. The lowest BCUT2D eigenvalue weighted by molar-refractivity contribution is 0.217. The second-order valence-corrected chi connectivity index (χ2v) is 4.50. The summed E-state index contributed by atoms with van der Waals surface area (Å²) in [6.07, 6.45) is 4.45. The number of hydrogen-bond acceptors (Lipinski definition) is 9. The van der Waals surface area contributed by atoms with Gasteiger partial charge in [0.2, 0.25) is 18.2 Å². The second kappa shape index (κ2) is 8.25. The predicted molar refractivity (Wildman–Crippen MR) is 77.6 cm³/mol. The SMILES string of the molecule is CCCCC(N=C=O)C(N=C=O)(N=C=O)n1c(=O)[nH]c(=O)[nH]c1=O. The third-order valence-electron chi connectivity index (χ3n) is 3.08. The van der Waals surface area contributed by atoms with Gasteiger partial charge < -0.3 is 0 Å². The zero-order chi connectivity index (χ0) is 18.2. The van der Waals surface area contributed by atoms with Crippen LogP contribution in [-0.4, -0.2) is 38.8 Å². The molecule has 0 bridgehead atoms. The summed E-state index contributed by atoms with van der Waals surface area (Å²) in [5.41, 5.74) is -3.75. The van der Waals surface area contributed by atoms with Gasteiger partial charge in [-0.15, -0.1) is 9.98 Å². The molecule has 0 amide bonds. The van der Waals surface area contributed by atoms with Crippen LogP contribution in [0, 0.1) is 0 Å². The molecule has 0 saturated heterocycles. The first kappa shape index (κ1) is 18.6. The number of nitrogens with one attached hydrogen (secondary N) is 2. The molecule has 126 valence electrons. The van der Waals surface area contributed by atoms with Crippen LogP contribution in [0.4, 0.5) is 0 Å². The summed E-state index contributed by atoms with van der Waals surface area (Å²) in [6.45, 7) is 1.80. The predicted octanol–water partition coefficient (Wildman–Crippen LogP) is -1.60. The molecule has 1 heterocycles. The number of H-pyrrole nitrogens is 2. The van der Waals surface area contributed by atoms with E-state index in [1.165, 1.54) is 6.08 Å². The topological polar surface area (TPSA) is 176 Å². The highest BCUT2D eigenvalue weighted by molar-refractivity contribution is 5.40. The zero-order valence-electron chi connectivity index (χ0n) is 12.4. The van der Waals surface area contributed by atoms with Crippen molar-refractivity contribution in [3.05, 3.63) is 31.5 Å². The van der Waals surface area contributed by atoms with E-state index in [1.54, 1.807) is 16.9 Å². The van der Waals surface area contributed by atoms with Crippen molar-refractivity contribution in [3.63, 3.8) is 0 Å². The molecule has 1 atom stereocenters. The summed E-state index contributed by atoms with van der Waals surface area (Å²) in [7, 11) is 0. The average Bonchev–Trinajstić information content (AvgIpc) is 2.50. The Morgan fingerprint density at radius 3 is 2.00 bits per heavy atom. The maximum atomic E-state index is 12.0. The average molecular weight is 336 g/mol. The number of aliphatic imine (C=N–C) groups is 3. The first-order valence-corrected chi connectivity index (χ1v) is 6.68. The minimum Gasteiger partial charge on any atom is -0.259 e. The largest absolute Gasteiger partial charge is 0.337 e. The summed E-state index contributed by atoms with van der Waals surface area (Å²) >= 11 is 0. The lowest BCUT2D eigenvalue weighted by Crippen LogP contribution is -2.56. The van der Waals surface area contributed by atoms with Crippen LogP contribution >= 0.6 is 0 Å². The minimum atomic E-state index is -2.55. The van der Waals surface area contributed by atoms with Gasteiger partial charge >= 0.3 is 17.1 Å². The number of isocyanates is 3. The van der Waals surface area contributed by atoms with Crippen molar-refractivity contribution < 1.29 is 14.4 Å². The van der Waals surface area contributed by atoms with E-state index in [9.17, 15) is 28.8 Å². The summed E-state index contributed by atoms with van der Waals surface area (Å²) in [5, 5.41) is 0. The summed E-state index contributed by atoms with van der Waals surface area (Å²) in [6, 6.07) is -1.40. The van der Waals surface area contributed by atoms with Crippen LogP contribution < -0.4 is 17.1 Å². The minimum absolute atomic E-state index is 0.0209. The van der Waals surface area contributed by atoms with Gasteiger partial charge in [0.15, 0.2) is 0 Å². The molecule has 0 spiro atoms. The van der Waals surface area contributed by atoms with Gasteiger partial charge in [-0.25, -0.2) is 28.8 Å². The fourth-order valence-electron chi connectivity index (χ4n) is 2.09. The van der Waals surface area contributed by atoms with Gasteiger partial charge in [-0.2, -0.15) is 9.56 Å². The highest BCUT2D eigenvalue weighted by Gasteiger charge is 2.44. The van der Waals surface area contributed by atoms with Gasteiger partial charge in [0.05, 0.1) is 0 Å². The van der Waals surface area contributed by atoms with Gasteiger partial charge in [-0.1, -0.05) is 19.8 Å². The van der Waals surface area contributed by atoms with E-state index in [1.807, 2.05) is 0 Å². The molecular weight excluding hydrogens is 324 g/mol. The van der Waals surface area contributed by atoms with Crippen molar-refractivity contribution in [3.8, 4) is 0 Å². The molecule has 12 nitrogen and oxygen atoms in total. The number of unbranched alkanes of at least 4 members (excludes halogenated alkanes) is 1. The van der Waals surface area contributed by atoms with Crippen molar-refractivity contribution in [1.29, 1.82) is 0 Å². The van der Waals surface area contributed by atoms with E-state index in [0.29, 0.717) is 12.8 Å². The Morgan fingerprint density at radius 2 is 1.58 bits per heavy atom. The molecule has 12 heteroatoms. The third-order valence-corrected chi connectivity index (χ3v) is 3.08. The normalized spacial score (nSPS) is 13.5. The number of carbonyl (C=O) groups excluding carboxylic acids is 3. The quantitative estimate of drug-likeness (QED) is 0.426. The van der Waals surface area contributed by atoms with E-state index < -0.39 is 28.9 Å². The molecule has 2 N–H and O–H groups in total. The lowest BCUT2D eigenvalue weighted by atomic mass is 10.0. The summed E-state index contributed by atoms with van der Waals surface area (Å²) in [5.74, 6) is -2.55. The Morgan fingerprint density at radius 1 is 1.04 bits per heavy atom. The Balaban J connectivity index is 3.92. The molecule has 0 fully saturated rings. The monoisotopic (exact) mass is 336 g/mol. The zero-order valence-corrected chi connectivity index (χ0v) is 12.4. The molecular formula is C12H12N6O6. The van der Waals surface area contributed by atoms with Crippen LogP contribution in [0.2, 0.25) is 0 Å². The summed E-state index contributed by atoms with van der Waals surface area (Å²) < 4.78 is 0.186. The first-order valence-electron chi connectivity index (χ1n) is 6.68. The Hall–Kier alpha value is -3.45. The highest BCUT2D eigenvalue weighted by Crippen LogP contribution is 2.27. The fourth-order valence-corrected chi connectivity index (χ4v) is 2.09. The van der Waals surface area contributed by atoms with E-state index >= 15 is 0 Å².